The Morgan fingerprint density at radius 3 is 1.55 bits per heavy atom. The highest BCUT2D eigenvalue weighted by Gasteiger charge is 2.26. The van der Waals surface area contributed by atoms with Gasteiger partial charge in [0.2, 0.25) is 0 Å². The molecule has 0 spiro atoms. The Morgan fingerprint density at radius 2 is 1.04 bits per heavy atom. The van der Waals surface area contributed by atoms with Crippen molar-refractivity contribution in [3.63, 3.8) is 0 Å². The average Bonchev–Trinajstić information content (AvgIpc) is 3.15. The average molecular weight is 807 g/mol. The number of quaternary nitrogens is 1. The van der Waals surface area contributed by atoms with Crippen LogP contribution in [0.1, 0.15) is 162 Å². The summed E-state index contributed by atoms with van der Waals surface area (Å²) in [5, 5.41) is 0. The molecule has 0 heterocycles. The first-order valence-electron chi connectivity index (χ1n) is 22.2. The maximum atomic E-state index is 12.7. The Balaban J connectivity index is 4.26. The van der Waals surface area contributed by atoms with Crippen LogP contribution >= 0.6 is 7.82 Å². The lowest BCUT2D eigenvalue weighted by molar-refractivity contribution is -0.870. The van der Waals surface area contributed by atoms with Gasteiger partial charge in [0.1, 0.15) is 19.3 Å². The Bertz CT molecular complexity index is 1120. The second kappa shape index (κ2) is 39.8. The van der Waals surface area contributed by atoms with E-state index in [0.717, 1.165) is 83.5 Å². The van der Waals surface area contributed by atoms with Crippen LogP contribution in [0.3, 0.4) is 0 Å². The molecule has 0 saturated carbocycles. The van der Waals surface area contributed by atoms with E-state index >= 15 is 0 Å². The van der Waals surface area contributed by atoms with Crippen molar-refractivity contribution in [1.29, 1.82) is 0 Å². The van der Waals surface area contributed by atoms with Gasteiger partial charge in [-0.25, -0.2) is 4.57 Å². The number of nitrogens with zero attached hydrogens (tertiary/aromatic N) is 1. The van der Waals surface area contributed by atoms with Gasteiger partial charge < -0.3 is 18.9 Å². The first-order valence-corrected chi connectivity index (χ1v) is 23.7. The number of phosphoric ester groups is 1. The molecule has 0 rings (SSSR count). The third-order valence-corrected chi connectivity index (χ3v) is 10.0. The molecule has 9 heteroatoms. The second-order valence-electron chi connectivity index (χ2n) is 15.7. The molecule has 8 nitrogen and oxygen atoms in total. The number of ether oxygens (including phenoxy) is 2. The number of phosphoric acid groups is 1. The van der Waals surface area contributed by atoms with Gasteiger partial charge in [0.15, 0.2) is 0 Å². The van der Waals surface area contributed by atoms with Crippen LogP contribution in [-0.4, -0.2) is 75.6 Å². The molecule has 0 radical (unpaired) electrons. The summed E-state index contributed by atoms with van der Waals surface area (Å²) in [6.45, 7) is 5.46. The van der Waals surface area contributed by atoms with Crippen molar-refractivity contribution in [1.82, 2.24) is 0 Å². The summed E-state index contributed by atoms with van der Waals surface area (Å²) in [7, 11) is 1.64. The van der Waals surface area contributed by atoms with Crippen molar-refractivity contribution < 1.29 is 37.3 Å². The molecule has 0 saturated heterocycles. The number of esters is 1. The largest absolute Gasteiger partial charge is 0.472 e. The molecule has 0 bridgehead atoms. The zero-order valence-corrected chi connectivity index (χ0v) is 37.5. The molecule has 0 aliphatic rings. The lowest BCUT2D eigenvalue weighted by Gasteiger charge is -2.24. The van der Waals surface area contributed by atoms with Gasteiger partial charge in [-0.15, -0.1) is 0 Å². The molecule has 56 heavy (non-hydrogen) atoms. The zero-order chi connectivity index (χ0) is 41.3. The standard InChI is InChI=1S/C47H84NO7P/c1-6-8-10-12-14-16-18-19-20-21-22-23-24-25-26-27-28-29-30-32-34-36-38-40-47(49)55-46(45-54-56(50,51)53-43-41-48(3,4)5)44-52-42-39-37-35-33-31-17-15-13-11-9-7-2/h8,10,14,16,19-20,22-23,25-26,28-29,46H,6-7,9,11-13,15,17-18,21,24,27,30-45H2,1-5H3/p+1/b10-8-,16-14-,20-19-,23-22-,26-25-,29-28-. The number of rotatable bonds is 40. The van der Waals surface area contributed by atoms with Crippen LogP contribution in [0.4, 0.5) is 0 Å². The van der Waals surface area contributed by atoms with Crippen LogP contribution in [0.15, 0.2) is 72.9 Å². The summed E-state index contributed by atoms with van der Waals surface area (Å²) >= 11 is 0. The van der Waals surface area contributed by atoms with Crippen LogP contribution in [0.2, 0.25) is 0 Å². The molecule has 0 aliphatic heterocycles. The summed E-state index contributed by atoms with van der Waals surface area (Å²) in [5.41, 5.74) is 0. The highest BCUT2D eigenvalue weighted by molar-refractivity contribution is 7.47. The minimum Gasteiger partial charge on any atom is -0.457 e. The lowest BCUT2D eigenvalue weighted by atomic mass is 10.1. The SMILES string of the molecule is CC/C=C\C/C=C\C/C=C\C/C=C\C/C=C\C/C=C\CCCCCCC(=O)OC(COCCCCCCCCCCCCC)COP(=O)(O)OCC[N+](C)(C)C. The summed E-state index contributed by atoms with van der Waals surface area (Å²) in [6, 6.07) is 0. The molecule has 0 aliphatic carbocycles. The highest BCUT2D eigenvalue weighted by Crippen LogP contribution is 2.43. The van der Waals surface area contributed by atoms with E-state index in [1.165, 1.54) is 57.8 Å². The number of carbonyl (C=O) groups excluding carboxylic acids is 1. The Labute approximate surface area is 344 Å². The lowest BCUT2D eigenvalue weighted by Crippen LogP contribution is -2.37. The summed E-state index contributed by atoms with van der Waals surface area (Å²) in [4.78, 5) is 22.9. The van der Waals surface area contributed by atoms with Crippen molar-refractivity contribution >= 4 is 13.8 Å². The molecule has 0 aromatic carbocycles. The van der Waals surface area contributed by atoms with Gasteiger partial charge in [-0.3, -0.25) is 13.8 Å². The van der Waals surface area contributed by atoms with E-state index in [9.17, 15) is 14.3 Å². The van der Waals surface area contributed by atoms with E-state index < -0.39 is 13.9 Å². The van der Waals surface area contributed by atoms with Crippen LogP contribution in [0.5, 0.6) is 0 Å². The number of hydrogen-bond acceptors (Lipinski definition) is 6. The summed E-state index contributed by atoms with van der Waals surface area (Å²) in [5.74, 6) is -0.340. The van der Waals surface area contributed by atoms with Gasteiger partial charge in [0.05, 0.1) is 34.4 Å². The van der Waals surface area contributed by atoms with E-state index in [2.05, 4.69) is 86.8 Å². The van der Waals surface area contributed by atoms with E-state index in [-0.39, 0.29) is 25.8 Å². The normalized spacial score (nSPS) is 14.5. The molecule has 0 fully saturated rings. The van der Waals surface area contributed by atoms with Gasteiger partial charge in [0.25, 0.3) is 0 Å². The van der Waals surface area contributed by atoms with Crippen LogP contribution in [0, 0.1) is 0 Å². The Kier molecular flexibility index (Phi) is 38.3. The predicted octanol–water partition coefficient (Wildman–Crippen LogP) is 13.1. The van der Waals surface area contributed by atoms with Gasteiger partial charge in [-0.1, -0.05) is 164 Å². The molecule has 0 amide bonds. The molecule has 324 valence electrons. The smallest absolute Gasteiger partial charge is 0.457 e. The first kappa shape index (κ1) is 53.9. The predicted molar refractivity (Wildman–Crippen MR) is 238 cm³/mol. The van der Waals surface area contributed by atoms with Crippen molar-refractivity contribution in [3.8, 4) is 0 Å². The molecule has 0 aromatic rings. The topological polar surface area (TPSA) is 91.3 Å². The summed E-state index contributed by atoms with van der Waals surface area (Å²) < 4.78 is 34.9. The van der Waals surface area contributed by atoms with E-state index in [0.29, 0.717) is 24.1 Å². The quantitative estimate of drug-likeness (QED) is 0.0217. The van der Waals surface area contributed by atoms with Crippen molar-refractivity contribution in [2.24, 2.45) is 0 Å². The third kappa shape index (κ3) is 43.1. The number of likely N-dealkylation sites (N-methyl/N-ethyl adjacent to an activating group) is 1. The van der Waals surface area contributed by atoms with Gasteiger partial charge in [-0.2, -0.15) is 0 Å². The number of hydrogen-bond donors (Lipinski definition) is 1. The Morgan fingerprint density at radius 1 is 0.571 bits per heavy atom. The van der Waals surface area contributed by atoms with Gasteiger partial charge in [-0.05, 0) is 64.2 Å². The van der Waals surface area contributed by atoms with Crippen molar-refractivity contribution in [2.45, 2.75) is 168 Å². The summed E-state index contributed by atoms with van der Waals surface area (Å²) in [6.07, 6.45) is 50.8. The van der Waals surface area contributed by atoms with E-state index in [1.54, 1.807) is 0 Å². The second-order valence-corrected chi connectivity index (χ2v) is 17.2. The number of carbonyl (C=O) groups is 1. The molecule has 2 unspecified atom stereocenters. The van der Waals surface area contributed by atoms with Crippen LogP contribution in [0.25, 0.3) is 0 Å². The first-order chi connectivity index (χ1) is 27.1. The van der Waals surface area contributed by atoms with Crippen molar-refractivity contribution in [2.75, 3.05) is 54.1 Å². The van der Waals surface area contributed by atoms with Crippen molar-refractivity contribution in [3.05, 3.63) is 72.9 Å². The Hall–Kier alpha value is -2.06. The number of allylic oxidation sites excluding steroid dienone is 12. The van der Waals surface area contributed by atoms with E-state index in [1.807, 2.05) is 21.1 Å². The van der Waals surface area contributed by atoms with Gasteiger partial charge in [0, 0.05) is 13.0 Å². The molecule has 1 N–H and O–H groups in total. The molecular formula is C47H85NO7P+. The van der Waals surface area contributed by atoms with Crippen LogP contribution in [-0.2, 0) is 27.9 Å². The maximum Gasteiger partial charge on any atom is 0.472 e. The van der Waals surface area contributed by atoms with Gasteiger partial charge >= 0.3 is 13.8 Å². The highest BCUT2D eigenvalue weighted by atomic mass is 31.2. The fourth-order valence-corrected chi connectivity index (χ4v) is 6.35. The maximum absolute atomic E-state index is 12.7. The monoisotopic (exact) mass is 807 g/mol. The zero-order valence-electron chi connectivity index (χ0n) is 36.6. The van der Waals surface area contributed by atoms with E-state index in [4.69, 9.17) is 18.5 Å². The molecule has 0 aromatic heterocycles. The minimum atomic E-state index is -4.28. The third-order valence-electron chi connectivity index (χ3n) is 9.03. The number of unbranched alkanes of at least 4 members (excludes halogenated alkanes) is 14. The van der Waals surface area contributed by atoms with Crippen LogP contribution < -0.4 is 0 Å². The fraction of sp³-hybridized carbons (Fsp3) is 0.723. The fourth-order valence-electron chi connectivity index (χ4n) is 5.61. The minimum absolute atomic E-state index is 0.0805. The molecular weight excluding hydrogens is 721 g/mol. The molecule has 2 atom stereocenters.